The maximum absolute atomic E-state index is 4.11. The van der Waals surface area contributed by atoms with Crippen molar-refractivity contribution in [2.45, 2.75) is 20.8 Å². The number of nitrogens with zero attached hydrogens (tertiary/aromatic N) is 1. The van der Waals surface area contributed by atoms with Gasteiger partial charge in [-0.1, -0.05) is 39.2 Å². The van der Waals surface area contributed by atoms with Gasteiger partial charge in [0.15, 0.2) is 0 Å². The van der Waals surface area contributed by atoms with E-state index >= 15 is 0 Å². The Morgan fingerprint density at radius 1 is 1.38 bits per heavy atom. The third kappa shape index (κ3) is 3.70. The molecule has 1 heterocycles. The first kappa shape index (κ1) is 11.6. The number of pyridine rings is 1. The molecular formula is C12H17N. The first-order chi connectivity index (χ1) is 6.24. The van der Waals surface area contributed by atoms with Gasteiger partial charge in [0.1, 0.15) is 0 Å². The van der Waals surface area contributed by atoms with E-state index in [9.17, 15) is 0 Å². The van der Waals surface area contributed by atoms with Gasteiger partial charge >= 0.3 is 0 Å². The van der Waals surface area contributed by atoms with Crippen molar-refractivity contribution in [3.63, 3.8) is 0 Å². The summed E-state index contributed by atoms with van der Waals surface area (Å²) in [5.74, 6) is 0. The maximum atomic E-state index is 4.11. The number of aryl methyl sites for hydroxylation is 1. The zero-order valence-corrected chi connectivity index (χ0v) is 8.67. The van der Waals surface area contributed by atoms with Crippen LogP contribution < -0.4 is 10.6 Å². The van der Waals surface area contributed by atoms with Gasteiger partial charge in [0.2, 0.25) is 0 Å². The molecule has 0 N–H and O–H groups in total. The maximum Gasteiger partial charge on any atom is 0.0630 e. The van der Waals surface area contributed by atoms with Crippen LogP contribution in [0, 0.1) is 6.92 Å². The van der Waals surface area contributed by atoms with E-state index in [4.69, 9.17) is 0 Å². The molecule has 0 saturated carbocycles. The molecule has 0 amide bonds. The summed E-state index contributed by atoms with van der Waals surface area (Å²) < 4.78 is 0. The molecule has 70 valence electrons. The van der Waals surface area contributed by atoms with Crippen LogP contribution in [0.25, 0.3) is 12.7 Å². The van der Waals surface area contributed by atoms with E-state index in [1.165, 1.54) is 0 Å². The van der Waals surface area contributed by atoms with Crippen molar-refractivity contribution in [1.29, 1.82) is 0 Å². The van der Waals surface area contributed by atoms with Crippen LogP contribution in [0.2, 0.25) is 0 Å². The molecule has 0 aromatic carbocycles. The van der Waals surface area contributed by atoms with Crippen LogP contribution in [-0.2, 0) is 0 Å². The quantitative estimate of drug-likeness (QED) is 0.634. The number of hydrogen-bond donors (Lipinski definition) is 0. The van der Waals surface area contributed by atoms with Crippen LogP contribution in [0.15, 0.2) is 24.9 Å². The number of aromatic nitrogens is 1. The van der Waals surface area contributed by atoms with Crippen molar-refractivity contribution in [2.24, 2.45) is 0 Å². The highest BCUT2D eigenvalue weighted by Crippen LogP contribution is 1.82. The fourth-order valence-corrected chi connectivity index (χ4v) is 0.891. The van der Waals surface area contributed by atoms with Gasteiger partial charge < -0.3 is 0 Å². The molecule has 0 unspecified atom stereocenters. The van der Waals surface area contributed by atoms with E-state index in [-0.39, 0.29) is 0 Å². The van der Waals surface area contributed by atoms with Crippen molar-refractivity contribution in [3.05, 3.63) is 41.0 Å². The number of allylic oxidation sites excluding steroid dienone is 1. The average Bonchev–Trinajstić information content (AvgIpc) is 2.15. The highest BCUT2D eigenvalue weighted by atomic mass is 14.6. The molecule has 0 spiro atoms. The predicted molar refractivity (Wildman–Crippen MR) is 59.8 cm³/mol. The fraction of sp³-hybridized carbons (Fsp3) is 0.250. The van der Waals surface area contributed by atoms with Gasteiger partial charge in [0, 0.05) is 6.20 Å². The SMILES string of the molecule is C=C/C=c1/cc(C)cnc1=C.CC. The zero-order chi connectivity index (χ0) is 10.3. The summed E-state index contributed by atoms with van der Waals surface area (Å²) in [6.45, 7) is 13.4. The minimum Gasteiger partial charge on any atom is -0.257 e. The van der Waals surface area contributed by atoms with Gasteiger partial charge in [-0.05, 0) is 23.8 Å². The van der Waals surface area contributed by atoms with E-state index in [1.807, 2.05) is 39.1 Å². The molecule has 0 bridgehead atoms. The zero-order valence-electron chi connectivity index (χ0n) is 8.67. The van der Waals surface area contributed by atoms with Crippen LogP contribution in [-0.4, -0.2) is 4.98 Å². The summed E-state index contributed by atoms with van der Waals surface area (Å²) in [5, 5.41) is 1.84. The molecule has 13 heavy (non-hydrogen) atoms. The van der Waals surface area contributed by atoms with Crippen molar-refractivity contribution in [1.82, 2.24) is 4.98 Å². The summed E-state index contributed by atoms with van der Waals surface area (Å²) in [6.07, 6.45) is 5.45. The molecule has 1 heteroatoms. The Morgan fingerprint density at radius 2 is 2.00 bits per heavy atom. The van der Waals surface area contributed by atoms with Crippen molar-refractivity contribution in [3.8, 4) is 0 Å². The summed E-state index contributed by atoms with van der Waals surface area (Å²) >= 11 is 0. The Kier molecular flexibility index (Phi) is 5.53. The third-order valence-electron chi connectivity index (χ3n) is 1.44. The van der Waals surface area contributed by atoms with Gasteiger partial charge in [-0.3, -0.25) is 4.98 Å². The second kappa shape index (κ2) is 6.18. The Morgan fingerprint density at radius 3 is 2.54 bits per heavy atom. The Labute approximate surface area is 80.1 Å². The largest absolute Gasteiger partial charge is 0.257 e. The van der Waals surface area contributed by atoms with Gasteiger partial charge in [-0.15, -0.1) is 0 Å². The lowest BCUT2D eigenvalue weighted by Crippen LogP contribution is -2.26. The molecule has 0 aliphatic heterocycles. The van der Waals surface area contributed by atoms with E-state index in [0.29, 0.717) is 0 Å². The van der Waals surface area contributed by atoms with Crippen LogP contribution in [0.1, 0.15) is 19.4 Å². The Bertz CT molecular complexity index is 363. The summed E-state index contributed by atoms with van der Waals surface area (Å²) in [4.78, 5) is 4.11. The topological polar surface area (TPSA) is 12.9 Å². The first-order valence-corrected chi connectivity index (χ1v) is 4.48. The van der Waals surface area contributed by atoms with Gasteiger partial charge in [0.05, 0.1) is 5.35 Å². The fourth-order valence-electron chi connectivity index (χ4n) is 0.891. The summed E-state index contributed by atoms with van der Waals surface area (Å²) in [7, 11) is 0. The Hall–Kier alpha value is -1.37. The highest BCUT2D eigenvalue weighted by Gasteiger charge is 1.83. The van der Waals surface area contributed by atoms with E-state index in [0.717, 1.165) is 16.1 Å². The molecule has 0 atom stereocenters. The van der Waals surface area contributed by atoms with Crippen LogP contribution in [0.4, 0.5) is 0 Å². The average molecular weight is 175 g/mol. The van der Waals surface area contributed by atoms with Crippen LogP contribution >= 0.6 is 0 Å². The lowest BCUT2D eigenvalue weighted by atomic mass is 10.2. The molecule has 1 rings (SSSR count). The highest BCUT2D eigenvalue weighted by molar-refractivity contribution is 5.35. The van der Waals surface area contributed by atoms with Crippen molar-refractivity contribution in [2.75, 3.05) is 0 Å². The lowest BCUT2D eigenvalue weighted by molar-refractivity contribution is 1.19. The summed E-state index contributed by atoms with van der Waals surface area (Å²) in [5.41, 5.74) is 1.14. The molecule has 0 aliphatic rings. The number of hydrogen-bond acceptors (Lipinski definition) is 1. The second-order valence-electron chi connectivity index (χ2n) is 2.45. The minimum atomic E-state index is 0.801. The van der Waals surface area contributed by atoms with E-state index in [1.54, 1.807) is 6.08 Å². The molecule has 0 fully saturated rings. The minimum absolute atomic E-state index is 0.801. The third-order valence-corrected chi connectivity index (χ3v) is 1.44. The molecule has 0 saturated heterocycles. The van der Waals surface area contributed by atoms with Crippen molar-refractivity contribution < 1.29 is 0 Å². The second-order valence-corrected chi connectivity index (χ2v) is 2.45. The lowest BCUT2D eigenvalue weighted by Gasteiger charge is -1.89. The van der Waals surface area contributed by atoms with Gasteiger partial charge in [0.25, 0.3) is 0 Å². The monoisotopic (exact) mass is 175 g/mol. The molecule has 1 aromatic rings. The van der Waals surface area contributed by atoms with Crippen LogP contribution in [0.5, 0.6) is 0 Å². The van der Waals surface area contributed by atoms with E-state index < -0.39 is 0 Å². The molecule has 1 nitrogen and oxygen atoms in total. The Balaban J connectivity index is 0.000000671. The molecular weight excluding hydrogens is 158 g/mol. The first-order valence-electron chi connectivity index (χ1n) is 4.48. The van der Waals surface area contributed by atoms with Gasteiger partial charge in [-0.2, -0.15) is 0 Å². The standard InChI is InChI=1S/C10H11N.C2H6/c1-4-5-10-6-8(2)7-11-9(10)3;1-2/h4-7H,1,3H2,2H3;1-2H3/b10-5-;. The smallest absolute Gasteiger partial charge is 0.0630 e. The number of rotatable bonds is 1. The van der Waals surface area contributed by atoms with Crippen LogP contribution in [0.3, 0.4) is 0 Å². The predicted octanol–water partition coefficient (Wildman–Crippen LogP) is 1.79. The van der Waals surface area contributed by atoms with Crippen molar-refractivity contribution >= 4 is 12.7 Å². The summed E-state index contributed by atoms with van der Waals surface area (Å²) in [6, 6.07) is 2.04. The molecule has 0 aliphatic carbocycles. The van der Waals surface area contributed by atoms with E-state index in [2.05, 4.69) is 18.1 Å². The molecule has 0 radical (unpaired) electrons. The van der Waals surface area contributed by atoms with Gasteiger partial charge in [-0.25, -0.2) is 0 Å². The normalized spacial score (nSPS) is 10.2. The molecule has 1 aromatic heterocycles.